The van der Waals surface area contributed by atoms with Crippen molar-refractivity contribution >= 4 is 23.6 Å². The Balaban J connectivity index is 1.83. The van der Waals surface area contributed by atoms with Gasteiger partial charge in [-0.3, -0.25) is 9.59 Å². The third-order valence-corrected chi connectivity index (χ3v) is 4.44. The van der Waals surface area contributed by atoms with Crippen LogP contribution < -0.4 is 5.32 Å². The lowest BCUT2D eigenvalue weighted by atomic mass is 9.97. The third kappa shape index (κ3) is 3.13. The molecular weight excluding hydrogens is 240 g/mol. The topological polar surface area (TPSA) is 69.6 Å². The Morgan fingerprint density at radius 3 is 2.53 bits per heavy atom. The predicted octanol–water partition coefficient (Wildman–Crippen LogP) is 0.0146. The van der Waals surface area contributed by atoms with Crippen LogP contribution in [0.15, 0.2) is 0 Å². The second-order valence-electron chi connectivity index (χ2n) is 4.52. The first kappa shape index (κ1) is 12.7. The van der Waals surface area contributed by atoms with Gasteiger partial charge in [-0.1, -0.05) is 0 Å². The lowest BCUT2D eigenvalue weighted by Gasteiger charge is -2.34. The SMILES string of the molecule is O=C(O)C1CCN(C(=O)C2CSCCN2)CC1. The molecule has 0 aromatic rings. The van der Waals surface area contributed by atoms with Crippen LogP contribution in [0, 0.1) is 5.92 Å². The van der Waals surface area contributed by atoms with Crippen molar-refractivity contribution in [1.29, 1.82) is 0 Å². The van der Waals surface area contributed by atoms with Gasteiger partial charge in [0.25, 0.3) is 0 Å². The Hall–Kier alpha value is -0.750. The van der Waals surface area contributed by atoms with Crippen LogP contribution in [-0.4, -0.2) is 59.1 Å². The van der Waals surface area contributed by atoms with Gasteiger partial charge in [-0.05, 0) is 12.8 Å². The van der Waals surface area contributed by atoms with Gasteiger partial charge in [-0.25, -0.2) is 0 Å². The molecule has 2 N–H and O–H groups in total. The molecule has 1 amide bonds. The molecule has 0 aromatic heterocycles. The van der Waals surface area contributed by atoms with Crippen molar-refractivity contribution in [3.63, 3.8) is 0 Å². The number of likely N-dealkylation sites (tertiary alicyclic amines) is 1. The van der Waals surface area contributed by atoms with Crippen LogP contribution >= 0.6 is 11.8 Å². The average Bonchev–Trinajstić information content (AvgIpc) is 2.39. The number of nitrogens with zero attached hydrogens (tertiary/aromatic N) is 1. The molecule has 6 heteroatoms. The summed E-state index contributed by atoms with van der Waals surface area (Å²) in [4.78, 5) is 24.8. The fraction of sp³-hybridized carbons (Fsp3) is 0.818. The van der Waals surface area contributed by atoms with Gasteiger partial charge in [-0.2, -0.15) is 11.8 Å². The molecule has 2 heterocycles. The van der Waals surface area contributed by atoms with Gasteiger partial charge in [-0.15, -0.1) is 0 Å². The number of thioether (sulfide) groups is 1. The molecule has 0 spiro atoms. The van der Waals surface area contributed by atoms with Crippen LogP contribution in [-0.2, 0) is 9.59 Å². The van der Waals surface area contributed by atoms with Crippen molar-refractivity contribution in [2.45, 2.75) is 18.9 Å². The largest absolute Gasteiger partial charge is 0.481 e. The van der Waals surface area contributed by atoms with Crippen LogP contribution in [0.25, 0.3) is 0 Å². The Kier molecular flexibility index (Phi) is 4.28. The maximum atomic E-state index is 12.1. The molecule has 17 heavy (non-hydrogen) atoms. The van der Waals surface area contributed by atoms with Gasteiger partial charge in [0.15, 0.2) is 0 Å². The zero-order chi connectivity index (χ0) is 12.3. The molecule has 2 rings (SSSR count). The van der Waals surface area contributed by atoms with Crippen LogP contribution in [0.2, 0.25) is 0 Å². The number of piperidine rings is 1. The molecule has 2 aliphatic heterocycles. The van der Waals surface area contributed by atoms with Crippen molar-refractivity contribution in [3.8, 4) is 0 Å². The zero-order valence-electron chi connectivity index (χ0n) is 9.72. The highest BCUT2D eigenvalue weighted by Crippen LogP contribution is 2.19. The summed E-state index contributed by atoms with van der Waals surface area (Å²) in [6, 6.07) is -0.0740. The first-order valence-corrected chi connectivity index (χ1v) is 7.16. The molecule has 5 nitrogen and oxygen atoms in total. The fourth-order valence-corrected chi connectivity index (χ4v) is 3.22. The Morgan fingerprint density at radius 1 is 1.29 bits per heavy atom. The van der Waals surface area contributed by atoms with Crippen LogP contribution in [0.5, 0.6) is 0 Å². The number of hydrogen-bond donors (Lipinski definition) is 2. The first-order chi connectivity index (χ1) is 8.18. The van der Waals surface area contributed by atoms with Crippen LogP contribution in [0.1, 0.15) is 12.8 Å². The highest BCUT2D eigenvalue weighted by atomic mass is 32.2. The van der Waals surface area contributed by atoms with Gasteiger partial charge in [0, 0.05) is 31.1 Å². The number of aliphatic carboxylic acids is 1. The monoisotopic (exact) mass is 258 g/mol. The quantitative estimate of drug-likeness (QED) is 0.730. The number of carboxylic acid groups (broad SMARTS) is 1. The summed E-state index contributed by atoms with van der Waals surface area (Å²) in [6.45, 7) is 2.05. The van der Waals surface area contributed by atoms with Gasteiger partial charge >= 0.3 is 5.97 Å². The van der Waals surface area contributed by atoms with Crippen molar-refractivity contribution in [1.82, 2.24) is 10.2 Å². The minimum Gasteiger partial charge on any atom is -0.481 e. The number of hydrogen-bond acceptors (Lipinski definition) is 4. The van der Waals surface area contributed by atoms with Gasteiger partial charge in [0.05, 0.1) is 12.0 Å². The van der Waals surface area contributed by atoms with Crippen molar-refractivity contribution in [2.24, 2.45) is 5.92 Å². The summed E-state index contributed by atoms with van der Waals surface area (Å²) in [5.74, 6) is 1.03. The molecule has 0 saturated carbocycles. The molecule has 1 atom stereocenters. The second kappa shape index (κ2) is 5.73. The predicted molar refractivity (Wildman–Crippen MR) is 66.1 cm³/mol. The molecule has 2 saturated heterocycles. The first-order valence-electron chi connectivity index (χ1n) is 6.01. The average molecular weight is 258 g/mol. The second-order valence-corrected chi connectivity index (χ2v) is 5.67. The van der Waals surface area contributed by atoms with Crippen LogP contribution in [0.4, 0.5) is 0 Å². The van der Waals surface area contributed by atoms with Crippen molar-refractivity contribution < 1.29 is 14.7 Å². The van der Waals surface area contributed by atoms with Gasteiger partial charge in [0.1, 0.15) is 0 Å². The Bertz CT molecular complexity index is 297. The summed E-state index contributed by atoms with van der Waals surface area (Å²) in [7, 11) is 0. The van der Waals surface area contributed by atoms with Gasteiger partial charge in [0.2, 0.25) is 5.91 Å². The zero-order valence-corrected chi connectivity index (χ0v) is 10.5. The summed E-state index contributed by atoms with van der Waals surface area (Å²) >= 11 is 1.80. The summed E-state index contributed by atoms with van der Waals surface area (Å²) < 4.78 is 0. The Labute approximate surface area is 105 Å². The van der Waals surface area contributed by atoms with Crippen molar-refractivity contribution in [2.75, 3.05) is 31.1 Å². The number of carbonyl (C=O) groups excluding carboxylic acids is 1. The minimum absolute atomic E-state index is 0.0740. The maximum absolute atomic E-state index is 12.1. The standard InChI is InChI=1S/C11H18N2O3S/c14-10(9-7-17-6-3-12-9)13-4-1-8(2-5-13)11(15)16/h8-9,12H,1-7H2,(H,15,16). The van der Waals surface area contributed by atoms with E-state index in [0.29, 0.717) is 25.9 Å². The molecule has 1 unspecified atom stereocenters. The third-order valence-electron chi connectivity index (χ3n) is 3.38. The molecule has 0 aliphatic carbocycles. The molecule has 96 valence electrons. The maximum Gasteiger partial charge on any atom is 0.306 e. The van der Waals surface area contributed by atoms with E-state index >= 15 is 0 Å². The molecule has 0 radical (unpaired) electrons. The van der Waals surface area contributed by atoms with E-state index in [2.05, 4.69) is 5.32 Å². The number of rotatable bonds is 2. The molecular formula is C11H18N2O3S. The fourth-order valence-electron chi connectivity index (χ4n) is 2.29. The number of carbonyl (C=O) groups is 2. The molecule has 2 fully saturated rings. The van der Waals surface area contributed by atoms with Crippen molar-refractivity contribution in [3.05, 3.63) is 0 Å². The van der Waals surface area contributed by atoms with E-state index in [-0.39, 0.29) is 17.9 Å². The minimum atomic E-state index is -0.733. The molecule has 0 aromatic carbocycles. The lowest BCUT2D eigenvalue weighted by Crippen LogP contribution is -2.52. The van der Waals surface area contributed by atoms with E-state index in [1.165, 1.54) is 0 Å². The summed E-state index contributed by atoms with van der Waals surface area (Å²) in [6.07, 6.45) is 1.17. The van der Waals surface area contributed by atoms with E-state index in [0.717, 1.165) is 18.1 Å². The number of carboxylic acids is 1. The molecule has 0 bridgehead atoms. The van der Waals surface area contributed by atoms with Crippen LogP contribution in [0.3, 0.4) is 0 Å². The van der Waals surface area contributed by atoms with E-state index in [1.54, 1.807) is 11.8 Å². The van der Waals surface area contributed by atoms with E-state index < -0.39 is 5.97 Å². The van der Waals surface area contributed by atoms with E-state index in [1.807, 2.05) is 4.90 Å². The van der Waals surface area contributed by atoms with E-state index in [9.17, 15) is 9.59 Å². The van der Waals surface area contributed by atoms with Gasteiger partial charge < -0.3 is 15.3 Å². The number of amides is 1. The van der Waals surface area contributed by atoms with E-state index in [4.69, 9.17) is 5.11 Å². The highest BCUT2D eigenvalue weighted by Gasteiger charge is 2.31. The highest BCUT2D eigenvalue weighted by molar-refractivity contribution is 7.99. The number of nitrogens with one attached hydrogen (secondary N) is 1. The smallest absolute Gasteiger partial charge is 0.306 e. The molecule has 2 aliphatic rings. The normalized spacial score (nSPS) is 26.8. The Morgan fingerprint density at radius 2 is 2.00 bits per heavy atom. The summed E-state index contributed by atoms with van der Waals surface area (Å²) in [5.41, 5.74) is 0. The summed E-state index contributed by atoms with van der Waals surface area (Å²) in [5, 5.41) is 12.1. The lowest BCUT2D eigenvalue weighted by molar-refractivity contribution is -0.146.